The first-order valence-corrected chi connectivity index (χ1v) is 5.44. The Kier molecular flexibility index (Phi) is 3.38. The number of hydrogen-bond donors (Lipinski definition) is 2. The highest BCUT2D eigenvalue weighted by Crippen LogP contribution is 2.06. The van der Waals surface area contributed by atoms with Gasteiger partial charge in [-0.05, 0) is 19.2 Å². The van der Waals surface area contributed by atoms with Crippen molar-refractivity contribution in [2.45, 2.75) is 6.54 Å². The first kappa shape index (κ1) is 12.3. The van der Waals surface area contributed by atoms with Gasteiger partial charge < -0.3 is 10.1 Å². The third-order valence-electron chi connectivity index (χ3n) is 2.49. The number of carboxylic acids is 1. The standard InChI is InChI=1S/C12H13N3O3/c1-15(7-11(16)17)6-10-12(18)14-9-5-3-2-4-8(9)13-10/h2-5H,6-7H2,1H3,(H,14,18)(H,16,17). The summed E-state index contributed by atoms with van der Waals surface area (Å²) in [5.41, 5.74) is 1.39. The number of carboxylic acid groups (broad SMARTS) is 1. The number of aliphatic carboxylic acids is 1. The second-order valence-corrected chi connectivity index (χ2v) is 4.10. The summed E-state index contributed by atoms with van der Waals surface area (Å²) in [4.78, 5) is 30.8. The van der Waals surface area contributed by atoms with Crippen molar-refractivity contribution in [3.63, 3.8) is 0 Å². The van der Waals surface area contributed by atoms with Crippen molar-refractivity contribution in [1.82, 2.24) is 14.9 Å². The Hall–Kier alpha value is -2.21. The molecule has 1 heterocycles. The van der Waals surface area contributed by atoms with Crippen LogP contribution in [0.5, 0.6) is 0 Å². The second kappa shape index (κ2) is 4.97. The minimum absolute atomic E-state index is 0.131. The van der Waals surface area contributed by atoms with Gasteiger partial charge in [-0.1, -0.05) is 12.1 Å². The van der Waals surface area contributed by atoms with Crippen molar-refractivity contribution in [1.29, 1.82) is 0 Å². The molecule has 0 radical (unpaired) electrons. The SMILES string of the molecule is CN(CC(=O)O)Cc1nc2ccccc2[nH]c1=O. The summed E-state index contributed by atoms with van der Waals surface area (Å²) < 4.78 is 0. The molecular formula is C12H13N3O3. The van der Waals surface area contributed by atoms with Crippen LogP contribution in [-0.2, 0) is 11.3 Å². The van der Waals surface area contributed by atoms with Crippen molar-refractivity contribution in [3.8, 4) is 0 Å². The smallest absolute Gasteiger partial charge is 0.317 e. The van der Waals surface area contributed by atoms with E-state index in [-0.39, 0.29) is 18.6 Å². The average molecular weight is 247 g/mol. The van der Waals surface area contributed by atoms with Gasteiger partial charge in [-0.3, -0.25) is 14.5 Å². The first-order chi connectivity index (χ1) is 8.56. The summed E-state index contributed by atoms with van der Waals surface area (Å²) in [6.07, 6.45) is 0. The van der Waals surface area contributed by atoms with Gasteiger partial charge in [-0.2, -0.15) is 0 Å². The Bertz CT molecular complexity index is 636. The molecule has 6 heteroatoms. The fraction of sp³-hybridized carbons (Fsp3) is 0.250. The minimum Gasteiger partial charge on any atom is -0.480 e. The molecule has 0 atom stereocenters. The zero-order valence-electron chi connectivity index (χ0n) is 9.88. The molecule has 6 nitrogen and oxygen atoms in total. The predicted molar refractivity (Wildman–Crippen MR) is 66.3 cm³/mol. The van der Waals surface area contributed by atoms with E-state index in [9.17, 15) is 9.59 Å². The second-order valence-electron chi connectivity index (χ2n) is 4.10. The molecule has 2 rings (SSSR count). The van der Waals surface area contributed by atoms with Crippen LogP contribution in [0.15, 0.2) is 29.1 Å². The van der Waals surface area contributed by atoms with Gasteiger partial charge in [0.1, 0.15) is 5.69 Å². The quantitative estimate of drug-likeness (QED) is 0.818. The molecule has 18 heavy (non-hydrogen) atoms. The summed E-state index contributed by atoms with van der Waals surface area (Å²) in [5, 5.41) is 8.65. The fourth-order valence-electron chi connectivity index (χ4n) is 1.72. The van der Waals surface area contributed by atoms with Crippen molar-refractivity contribution in [2.24, 2.45) is 0 Å². The molecule has 94 valence electrons. The Morgan fingerprint density at radius 2 is 2.17 bits per heavy atom. The molecular weight excluding hydrogens is 234 g/mol. The first-order valence-electron chi connectivity index (χ1n) is 5.44. The highest BCUT2D eigenvalue weighted by atomic mass is 16.4. The molecule has 0 bridgehead atoms. The number of nitrogens with one attached hydrogen (secondary N) is 1. The number of aromatic amines is 1. The molecule has 1 aromatic carbocycles. The van der Waals surface area contributed by atoms with Gasteiger partial charge in [-0.15, -0.1) is 0 Å². The van der Waals surface area contributed by atoms with E-state index in [4.69, 9.17) is 5.11 Å². The summed E-state index contributed by atoms with van der Waals surface area (Å²) >= 11 is 0. The number of carbonyl (C=O) groups is 1. The summed E-state index contributed by atoms with van der Waals surface area (Å²) in [5.74, 6) is -0.935. The maximum Gasteiger partial charge on any atom is 0.317 e. The van der Waals surface area contributed by atoms with Crippen LogP contribution in [0.1, 0.15) is 5.69 Å². The third kappa shape index (κ3) is 2.72. The number of aromatic nitrogens is 2. The molecule has 0 aliphatic carbocycles. The topological polar surface area (TPSA) is 86.3 Å². The Labute approximate surface area is 103 Å². The maximum absolute atomic E-state index is 11.8. The number of para-hydroxylation sites is 2. The van der Waals surface area contributed by atoms with Crippen LogP contribution in [0.2, 0.25) is 0 Å². The largest absolute Gasteiger partial charge is 0.480 e. The number of hydrogen-bond acceptors (Lipinski definition) is 4. The zero-order chi connectivity index (χ0) is 13.1. The molecule has 0 unspecified atom stereocenters. The van der Waals surface area contributed by atoms with Crippen molar-refractivity contribution < 1.29 is 9.90 Å². The molecule has 2 N–H and O–H groups in total. The molecule has 0 saturated carbocycles. The van der Waals surface area contributed by atoms with Gasteiger partial charge in [0, 0.05) is 6.54 Å². The van der Waals surface area contributed by atoms with E-state index in [2.05, 4.69) is 9.97 Å². The van der Waals surface area contributed by atoms with Gasteiger partial charge in [0.2, 0.25) is 0 Å². The Morgan fingerprint density at radius 3 is 2.89 bits per heavy atom. The highest BCUT2D eigenvalue weighted by Gasteiger charge is 2.10. The number of nitrogens with zero attached hydrogens (tertiary/aromatic N) is 2. The molecule has 0 saturated heterocycles. The van der Waals surface area contributed by atoms with E-state index in [1.165, 1.54) is 4.90 Å². The lowest BCUT2D eigenvalue weighted by Gasteiger charge is -2.12. The highest BCUT2D eigenvalue weighted by molar-refractivity contribution is 5.73. The lowest BCUT2D eigenvalue weighted by molar-refractivity contribution is -0.138. The van der Waals surface area contributed by atoms with Crippen LogP contribution in [0.4, 0.5) is 0 Å². The Balaban J connectivity index is 2.30. The van der Waals surface area contributed by atoms with Crippen LogP contribution < -0.4 is 5.56 Å². The van der Waals surface area contributed by atoms with Crippen molar-refractivity contribution >= 4 is 17.0 Å². The predicted octanol–water partition coefficient (Wildman–Crippen LogP) is 0.440. The van der Waals surface area contributed by atoms with Crippen LogP contribution in [0, 0.1) is 0 Å². The number of H-pyrrole nitrogens is 1. The maximum atomic E-state index is 11.8. The van der Waals surface area contributed by atoms with E-state index in [1.807, 2.05) is 12.1 Å². The fourth-order valence-corrected chi connectivity index (χ4v) is 1.72. The number of benzene rings is 1. The Morgan fingerprint density at radius 1 is 1.44 bits per heavy atom. The van der Waals surface area contributed by atoms with E-state index < -0.39 is 5.97 Å². The summed E-state index contributed by atoms with van der Waals surface area (Å²) in [7, 11) is 1.63. The molecule has 0 spiro atoms. The van der Waals surface area contributed by atoms with Gasteiger partial charge in [0.05, 0.1) is 17.6 Å². The minimum atomic E-state index is -0.935. The summed E-state index contributed by atoms with van der Waals surface area (Å²) in [6, 6.07) is 7.22. The van der Waals surface area contributed by atoms with Crippen LogP contribution in [0.25, 0.3) is 11.0 Å². The number of fused-ring (bicyclic) bond motifs is 1. The molecule has 1 aromatic heterocycles. The molecule has 0 fully saturated rings. The lowest BCUT2D eigenvalue weighted by Crippen LogP contribution is -2.29. The van der Waals surface area contributed by atoms with Crippen molar-refractivity contribution in [2.75, 3.05) is 13.6 Å². The molecule has 0 aliphatic rings. The van der Waals surface area contributed by atoms with Crippen LogP contribution in [-0.4, -0.2) is 39.5 Å². The zero-order valence-corrected chi connectivity index (χ0v) is 9.88. The number of rotatable bonds is 4. The third-order valence-corrected chi connectivity index (χ3v) is 2.49. The van der Waals surface area contributed by atoms with Crippen LogP contribution >= 0.6 is 0 Å². The molecule has 0 aliphatic heterocycles. The van der Waals surface area contributed by atoms with Gasteiger partial charge in [0.25, 0.3) is 5.56 Å². The van der Waals surface area contributed by atoms with Crippen LogP contribution in [0.3, 0.4) is 0 Å². The van der Waals surface area contributed by atoms with Gasteiger partial charge in [-0.25, -0.2) is 4.98 Å². The number of likely N-dealkylation sites (N-methyl/N-ethyl adjacent to an activating group) is 1. The van der Waals surface area contributed by atoms with Gasteiger partial charge >= 0.3 is 5.97 Å². The van der Waals surface area contributed by atoms with Crippen molar-refractivity contribution in [3.05, 3.63) is 40.3 Å². The monoisotopic (exact) mass is 247 g/mol. The average Bonchev–Trinajstić information content (AvgIpc) is 2.29. The van der Waals surface area contributed by atoms with Gasteiger partial charge in [0.15, 0.2) is 0 Å². The molecule has 2 aromatic rings. The van der Waals surface area contributed by atoms with E-state index in [0.29, 0.717) is 16.7 Å². The molecule has 0 amide bonds. The lowest BCUT2D eigenvalue weighted by atomic mass is 10.3. The van der Waals surface area contributed by atoms with E-state index in [1.54, 1.807) is 19.2 Å². The van der Waals surface area contributed by atoms with E-state index in [0.717, 1.165) is 0 Å². The van der Waals surface area contributed by atoms with E-state index >= 15 is 0 Å². The normalized spacial score (nSPS) is 11.0. The summed E-state index contributed by atoms with van der Waals surface area (Å²) in [6.45, 7) is 0.0699.